The minimum Gasteiger partial charge on any atom is -0.484 e. The smallest absolute Gasteiger partial charge is 0.416 e. The van der Waals surface area contributed by atoms with Crippen LogP contribution in [0.25, 0.3) is 0 Å². The molecule has 0 aliphatic rings. The fourth-order valence-electron chi connectivity index (χ4n) is 2.15. The highest BCUT2D eigenvalue weighted by Crippen LogP contribution is 2.30. The standard InChI is InChI=1S/C18H19F3N2O4S/c1-2-10-22-28(25,26)16-8-6-15(7-9-16)27-12-17(24)23-14-5-3-4-13(11-14)18(19,20)21/h3-9,11,22H,2,10,12H2,1H3,(H,23,24). The highest BCUT2D eigenvalue weighted by molar-refractivity contribution is 7.89. The largest absolute Gasteiger partial charge is 0.484 e. The first-order chi connectivity index (χ1) is 13.1. The van der Waals surface area contributed by atoms with Gasteiger partial charge in [-0.2, -0.15) is 13.2 Å². The number of alkyl halides is 3. The van der Waals surface area contributed by atoms with Gasteiger partial charge < -0.3 is 10.1 Å². The summed E-state index contributed by atoms with van der Waals surface area (Å²) in [4.78, 5) is 11.9. The molecule has 0 saturated heterocycles. The lowest BCUT2D eigenvalue weighted by atomic mass is 10.2. The van der Waals surface area contributed by atoms with Gasteiger partial charge in [0.05, 0.1) is 10.5 Å². The molecule has 0 atom stereocenters. The Morgan fingerprint density at radius 1 is 1.11 bits per heavy atom. The summed E-state index contributed by atoms with van der Waals surface area (Å²) in [5, 5.41) is 2.31. The molecule has 2 rings (SSSR count). The Labute approximate surface area is 160 Å². The number of hydrogen-bond acceptors (Lipinski definition) is 4. The van der Waals surface area contributed by atoms with Crippen molar-refractivity contribution in [3.8, 4) is 5.75 Å². The summed E-state index contributed by atoms with van der Waals surface area (Å²) in [5.74, 6) is -0.408. The molecule has 10 heteroatoms. The first kappa shape index (κ1) is 21.7. The lowest BCUT2D eigenvalue weighted by molar-refractivity contribution is -0.137. The zero-order valence-electron chi connectivity index (χ0n) is 14.9. The number of carbonyl (C=O) groups is 1. The summed E-state index contributed by atoms with van der Waals surface area (Å²) < 4.78 is 69.6. The molecule has 0 heterocycles. The predicted octanol–water partition coefficient (Wildman–Crippen LogP) is 3.41. The molecule has 0 aliphatic carbocycles. The zero-order valence-corrected chi connectivity index (χ0v) is 15.7. The fraction of sp³-hybridized carbons (Fsp3) is 0.278. The Morgan fingerprint density at radius 3 is 2.39 bits per heavy atom. The minimum atomic E-state index is -4.51. The number of anilines is 1. The van der Waals surface area contributed by atoms with Gasteiger partial charge in [-0.1, -0.05) is 13.0 Å². The summed E-state index contributed by atoms with van der Waals surface area (Å²) in [6.07, 6.45) is -3.85. The second-order valence-corrected chi connectivity index (χ2v) is 7.55. The fourth-order valence-corrected chi connectivity index (χ4v) is 3.29. The van der Waals surface area contributed by atoms with Crippen LogP contribution in [0.3, 0.4) is 0 Å². The van der Waals surface area contributed by atoms with Crippen LogP contribution in [0.4, 0.5) is 18.9 Å². The van der Waals surface area contributed by atoms with Crippen molar-refractivity contribution in [3.63, 3.8) is 0 Å². The van der Waals surface area contributed by atoms with Gasteiger partial charge in [0.15, 0.2) is 6.61 Å². The monoisotopic (exact) mass is 416 g/mol. The Balaban J connectivity index is 1.93. The van der Waals surface area contributed by atoms with Crippen molar-refractivity contribution >= 4 is 21.6 Å². The van der Waals surface area contributed by atoms with E-state index in [9.17, 15) is 26.4 Å². The van der Waals surface area contributed by atoms with Crippen LogP contribution in [0.15, 0.2) is 53.4 Å². The first-order valence-corrected chi connectivity index (χ1v) is 9.80. The molecular weight excluding hydrogens is 397 g/mol. The molecule has 1 amide bonds. The number of carbonyl (C=O) groups excluding carboxylic acids is 1. The molecule has 0 aliphatic heterocycles. The number of hydrogen-bond donors (Lipinski definition) is 2. The van der Waals surface area contributed by atoms with Crippen molar-refractivity contribution in [3.05, 3.63) is 54.1 Å². The average molecular weight is 416 g/mol. The predicted molar refractivity (Wildman–Crippen MR) is 97.5 cm³/mol. The van der Waals surface area contributed by atoms with E-state index in [4.69, 9.17) is 4.74 Å². The summed E-state index contributed by atoms with van der Waals surface area (Å²) in [6, 6.07) is 9.67. The van der Waals surface area contributed by atoms with Crippen molar-refractivity contribution < 1.29 is 31.1 Å². The van der Waals surface area contributed by atoms with Gasteiger partial charge in [0.1, 0.15) is 5.75 Å². The summed E-state index contributed by atoms with van der Waals surface area (Å²) in [5.41, 5.74) is -0.883. The highest BCUT2D eigenvalue weighted by atomic mass is 32.2. The van der Waals surface area contributed by atoms with Gasteiger partial charge in [-0.15, -0.1) is 0 Å². The number of nitrogens with one attached hydrogen (secondary N) is 2. The first-order valence-electron chi connectivity index (χ1n) is 8.31. The third-order valence-electron chi connectivity index (χ3n) is 3.52. The molecule has 0 bridgehead atoms. The van der Waals surface area contributed by atoms with E-state index < -0.39 is 34.3 Å². The molecule has 28 heavy (non-hydrogen) atoms. The third kappa shape index (κ3) is 6.24. The van der Waals surface area contributed by atoms with Crippen LogP contribution >= 0.6 is 0 Å². The quantitative estimate of drug-likeness (QED) is 0.691. The van der Waals surface area contributed by atoms with Crippen LogP contribution in [0.5, 0.6) is 5.75 Å². The molecule has 0 aromatic heterocycles. The van der Waals surface area contributed by atoms with Crippen LogP contribution in [0.2, 0.25) is 0 Å². The van der Waals surface area contributed by atoms with Gasteiger partial charge in [0, 0.05) is 12.2 Å². The molecule has 2 aromatic carbocycles. The van der Waals surface area contributed by atoms with E-state index in [-0.39, 0.29) is 16.3 Å². The molecular formula is C18H19F3N2O4S. The Hall–Kier alpha value is -2.59. The van der Waals surface area contributed by atoms with E-state index in [0.29, 0.717) is 13.0 Å². The Morgan fingerprint density at radius 2 is 1.79 bits per heavy atom. The van der Waals surface area contributed by atoms with Crippen LogP contribution in [0.1, 0.15) is 18.9 Å². The molecule has 0 radical (unpaired) electrons. The van der Waals surface area contributed by atoms with E-state index in [1.165, 1.54) is 36.4 Å². The molecule has 152 valence electrons. The number of halogens is 3. The second-order valence-electron chi connectivity index (χ2n) is 5.78. The number of rotatable bonds is 8. The van der Waals surface area contributed by atoms with Crippen LogP contribution in [-0.2, 0) is 21.0 Å². The van der Waals surface area contributed by atoms with Crippen LogP contribution in [-0.4, -0.2) is 27.5 Å². The van der Waals surface area contributed by atoms with E-state index in [0.717, 1.165) is 12.1 Å². The average Bonchev–Trinajstić information content (AvgIpc) is 2.65. The van der Waals surface area contributed by atoms with E-state index in [1.54, 1.807) is 0 Å². The van der Waals surface area contributed by atoms with Gasteiger partial charge >= 0.3 is 6.18 Å². The molecule has 0 saturated carbocycles. The summed E-state index contributed by atoms with van der Waals surface area (Å²) >= 11 is 0. The summed E-state index contributed by atoms with van der Waals surface area (Å²) in [7, 11) is -3.60. The van der Waals surface area contributed by atoms with Crippen LogP contribution < -0.4 is 14.8 Å². The molecule has 0 spiro atoms. The lowest BCUT2D eigenvalue weighted by Gasteiger charge is -2.11. The van der Waals surface area contributed by atoms with Gasteiger partial charge in [-0.3, -0.25) is 4.79 Å². The number of sulfonamides is 1. The van der Waals surface area contributed by atoms with Crippen molar-refractivity contribution in [2.24, 2.45) is 0 Å². The third-order valence-corrected chi connectivity index (χ3v) is 5.00. The lowest BCUT2D eigenvalue weighted by Crippen LogP contribution is -2.24. The van der Waals surface area contributed by atoms with Crippen molar-refractivity contribution in [2.45, 2.75) is 24.4 Å². The van der Waals surface area contributed by atoms with Crippen molar-refractivity contribution in [2.75, 3.05) is 18.5 Å². The summed E-state index contributed by atoms with van der Waals surface area (Å²) in [6.45, 7) is 1.70. The van der Waals surface area contributed by atoms with Gasteiger partial charge in [0.2, 0.25) is 10.0 Å². The van der Waals surface area contributed by atoms with E-state index in [2.05, 4.69) is 10.0 Å². The maximum Gasteiger partial charge on any atom is 0.416 e. The molecule has 6 nitrogen and oxygen atoms in total. The van der Waals surface area contributed by atoms with Gasteiger partial charge in [-0.25, -0.2) is 13.1 Å². The minimum absolute atomic E-state index is 0.00753. The number of benzene rings is 2. The second kappa shape index (κ2) is 9.07. The molecule has 0 fully saturated rings. The van der Waals surface area contributed by atoms with E-state index in [1.807, 2.05) is 6.92 Å². The molecule has 2 N–H and O–H groups in total. The normalized spacial score (nSPS) is 11.9. The SMILES string of the molecule is CCCNS(=O)(=O)c1ccc(OCC(=O)Nc2cccc(C(F)(F)F)c2)cc1. The Kier molecular flexibility index (Phi) is 7.03. The van der Waals surface area contributed by atoms with Crippen molar-refractivity contribution in [1.82, 2.24) is 4.72 Å². The maximum absolute atomic E-state index is 12.7. The zero-order chi connectivity index (χ0) is 20.8. The maximum atomic E-state index is 12.7. The van der Waals surface area contributed by atoms with E-state index >= 15 is 0 Å². The Bertz CT molecular complexity index is 913. The number of amides is 1. The van der Waals surface area contributed by atoms with Crippen LogP contribution in [0, 0.1) is 0 Å². The van der Waals surface area contributed by atoms with Crippen molar-refractivity contribution in [1.29, 1.82) is 0 Å². The highest BCUT2D eigenvalue weighted by Gasteiger charge is 2.30. The van der Waals surface area contributed by atoms with Gasteiger partial charge in [-0.05, 0) is 48.9 Å². The molecule has 2 aromatic rings. The molecule has 0 unspecified atom stereocenters. The number of ether oxygens (including phenoxy) is 1. The van der Waals surface area contributed by atoms with Gasteiger partial charge in [0.25, 0.3) is 5.91 Å². The topological polar surface area (TPSA) is 84.5 Å².